The van der Waals surface area contributed by atoms with Crippen LogP contribution in [0, 0.1) is 13.8 Å². The molecule has 0 aliphatic rings. The van der Waals surface area contributed by atoms with Gasteiger partial charge in [-0.3, -0.25) is 10.3 Å². The number of rotatable bonds is 7. The zero-order valence-corrected chi connectivity index (χ0v) is 28.6. The lowest BCUT2D eigenvalue weighted by molar-refractivity contribution is 0.261. The van der Waals surface area contributed by atoms with Crippen molar-refractivity contribution in [3.63, 3.8) is 0 Å². The predicted molar refractivity (Wildman–Crippen MR) is 208 cm³/mol. The van der Waals surface area contributed by atoms with Crippen LogP contribution in [-0.2, 0) is 0 Å². The molecular weight excluding hydrogens is 649 g/mol. The molecule has 52 heavy (non-hydrogen) atoms. The standard InChI is InChI=1S/C24H20N4O.C18H16N4O/c1-17-25-16-22(23(26-17)19-12-6-3-7-13-19)28-24(29)27-21-15-9-8-14-20(21)18-10-4-2-5-11-18;1-13-10-11-15(17(20-13)14-7-3-2-4-8-14)21-18(23)22-16-9-5-6-12-19-16/h2-16H,1H3,(H2,27,28,29);2-12H,1H3,(H2,19,21,22,23). The van der Waals surface area contributed by atoms with Crippen LogP contribution in [0.5, 0.6) is 0 Å². The SMILES string of the molecule is Cc1ccc(NC(=O)Nc2ccccn2)c(-c2ccccc2)n1.Cc1ncc(NC(=O)Nc2ccccc2-c2ccccc2)c(-c2ccccc2)n1. The Kier molecular flexibility index (Phi) is 11.3. The third-order valence-corrected chi connectivity index (χ3v) is 7.70. The number of pyridine rings is 2. The summed E-state index contributed by atoms with van der Waals surface area (Å²) in [6.45, 7) is 3.75. The van der Waals surface area contributed by atoms with Gasteiger partial charge >= 0.3 is 12.1 Å². The molecule has 10 nitrogen and oxygen atoms in total. The zero-order valence-electron chi connectivity index (χ0n) is 28.6. The molecule has 4 N–H and O–H groups in total. The lowest BCUT2D eigenvalue weighted by Crippen LogP contribution is -2.20. The molecular formula is C42H36N8O2. The van der Waals surface area contributed by atoms with Gasteiger partial charge in [-0.2, -0.15) is 0 Å². The van der Waals surface area contributed by atoms with Gasteiger partial charge in [0.05, 0.1) is 34.6 Å². The number of para-hydroxylation sites is 1. The number of aryl methyl sites for hydroxylation is 2. The Morgan fingerprint density at radius 1 is 0.462 bits per heavy atom. The molecule has 3 aromatic heterocycles. The summed E-state index contributed by atoms with van der Waals surface area (Å²) in [6, 6.07) is 45.5. The Morgan fingerprint density at radius 2 is 1.00 bits per heavy atom. The summed E-state index contributed by atoms with van der Waals surface area (Å²) in [6.07, 6.45) is 3.26. The van der Waals surface area contributed by atoms with Gasteiger partial charge in [0.25, 0.3) is 0 Å². The Bertz CT molecular complexity index is 2250. The molecule has 4 amide bonds. The Labute approximate surface area is 302 Å². The number of nitrogens with zero attached hydrogens (tertiary/aromatic N) is 4. The van der Waals surface area contributed by atoms with E-state index in [2.05, 4.69) is 41.2 Å². The van der Waals surface area contributed by atoms with Gasteiger partial charge in [-0.15, -0.1) is 0 Å². The number of aromatic nitrogens is 4. The fourth-order valence-corrected chi connectivity index (χ4v) is 5.30. The van der Waals surface area contributed by atoms with Gasteiger partial charge in [0.1, 0.15) is 11.6 Å². The quantitative estimate of drug-likeness (QED) is 0.132. The molecule has 3 heterocycles. The lowest BCUT2D eigenvalue weighted by Gasteiger charge is -2.14. The molecule has 0 fully saturated rings. The molecule has 7 aromatic rings. The van der Waals surface area contributed by atoms with E-state index in [4.69, 9.17) is 0 Å². The van der Waals surface area contributed by atoms with Crippen molar-refractivity contribution < 1.29 is 9.59 Å². The molecule has 0 bridgehead atoms. The molecule has 0 aliphatic carbocycles. The van der Waals surface area contributed by atoms with Crippen LogP contribution in [0.2, 0.25) is 0 Å². The highest BCUT2D eigenvalue weighted by Crippen LogP contribution is 2.29. The van der Waals surface area contributed by atoms with E-state index >= 15 is 0 Å². The monoisotopic (exact) mass is 684 g/mol. The van der Waals surface area contributed by atoms with E-state index in [1.165, 1.54) is 0 Å². The molecule has 10 heteroatoms. The van der Waals surface area contributed by atoms with Gasteiger partial charge in [-0.1, -0.05) is 115 Å². The average Bonchev–Trinajstić information content (AvgIpc) is 3.18. The van der Waals surface area contributed by atoms with Crippen LogP contribution < -0.4 is 21.3 Å². The molecule has 0 atom stereocenters. The number of urea groups is 2. The van der Waals surface area contributed by atoms with Crippen LogP contribution in [0.1, 0.15) is 11.5 Å². The van der Waals surface area contributed by atoms with E-state index in [1.54, 1.807) is 24.5 Å². The van der Waals surface area contributed by atoms with Gasteiger partial charge in [-0.05, 0) is 49.7 Å². The molecule has 256 valence electrons. The minimum Gasteiger partial charge on any atom is -0.307 e. The summed E-state index contributed by atoms with van der Waals surface area (Å²) in [5.74, 6) is 1.13. The van der Waals surface area contributed by atoms with Crippen molar-refractivity contribution in [1.29, 1.82) is 0 Å². The Balaban J connectivity index is 0.000000183. The van der Waals surface area contributed by atoms with Crippen molar-refractivity contribution in [2.75, 3.05) is 21.3 Å². The van der Waals surface area contributed by atoms with Crippen molar-refractivity contribution in [2.24, 2.45) is 0 Å². The predicted octanol–water partition coefficient (Wildman–Crippen LogP) is 9.86. The Morgan fingerprint density at radius 3 is 1.65 bits per heavy atom. The van der Waals surface area contributed by atoms with Crippen LogP contribution in [0.15, 0.2) is 158 Å². The number of nitrogens with one attached hydrogen (secondary N) is 4. The summed E-state index contributed by atoms with van der Waals surface area (Å²) < 4.78 is 0. The van der Waals surface area contributed by atoms with Gasteiger partial charge in [0, 0.05) is 28.6 Å². The van der Waals surface area contributed by atoms with Crippen molar-refractivity contribution >= 4 is 34.9 Å². The van der Waals surface area contributed by atoms with Crippen LogP contribution in [0.3, 0.4) is 0 Å². The fourth-order valence-electron chi connectivity index (χ4n) is 5.30. The van der Waals surface area contributed by atoms with Gasteiger partial charge in [0.15, 0.2) is 0 Å². The molecule has 0 radical (unpaired) electrons. The maximum absolute atomic E-state index is 12.8. The number of carbonyl (C=O) groups excluding carboxylic acids is 2. The highest BCUT2D eigenvalue weighted by molar-refractivity contribution is 6.04. The smallest absolute Gasteiger partial charge is 0.307 e. The first-order valence-corrected chi connectivity index (χ1v) is 16.6. The van der Waals surface area contributed by atoms with E-state index in [0.717, 1.165) is 39.3 Å². The van der Waals surface area contributed by atoms with Crippen molar-refractivity contribution in [2.45, 2.75) is 13.8 Å². The molecule has 4 aromatic carbocycles. The zero-order chi connectivity index (χ0) is 36.1. The number of hydrogen-bond acceptors (Lipinski definition) is 6. The first kappa shape index (κ1) is 34.7. The number of hydrogen-bond donors (Lipinski definition) is 4. The fraction of sp³-hybridized carbons (Fsp3) is 0.0476. The molecule has 0 saturated carbocycles. The van der Waals surface area contributed by atoms with Crippen LogP contribution >= 0.6 is 0 Å². The Hall–Kier alpha value is -7.20. The van der Waals surface area contributed by atoms with Crippen molar-refractivity contribution in [3.05, 3.63) is 170 Å². The second kappa shape index (κ2) is 17.0. The topological polar surface area (TPSA) is 134 Å². The van der Waals surface area contributed by atoms with Crippen LogP contribution in [0.25, 0.3) is 33.6 Å². The van der Waals surface area contributed by atoms with Crippen LogP contribution in [-0.4, -0.2) is 32.0 Å². The van der Waals surface area contributed by atoms with Gasteiger partial charge in [-0.25, -0.2) is 24.5 Å². The minimum absolute atomic E-state index is 0.349. The number of amides is 4. The van der Waals surface area contributed by atoms with E-state index in [-0.39, 0.29) is 12.1 Å². The second-order valence-electron chi connectivity index (χ2n) is 11.5. The van der Waals surface area contributed by atoms with Crippen LogP contribution in [0.4, 0.5) is 32.5 Å². The molecule has 7 rings (SSSR count). The van der Waals surface area contributed by atoms with Gasteiger partial charge < -0.3 is 16.0 Å². The summed E-state index contributed by atoms with van der Waals surface area (Å²) in [7, 11) is 0. The maximum Gasteiger partial charge on any atom is 0.324 e. The highest BCUT2D eigenvalue weighted by atomic mass is 16.2. The number of benzene rings is 4. The summed E-state index contributed by atoms with van der Waals surface area (Å²) in [4.78, 5) is 42.3. The molecule has 0 saturated heterocycles. The average molecular weight is 685 g/mol. The highest BCUT2D eigenvalue weighted by Gasteiger charge is 2.14. The molecule has 0 aliphatic heterocycles. The van der Waals surface area contributed by atoms with E-state index in [0.29, 0.717) is 28.7 Å². The third kappa shape index (κ3) is 9.27. The first-order valence-electron chi connectivity index (χ1n) is 16.6. The maximum atomic E-state index is 12.8. The van der Waals surface area contributed by atoms with E-state index in [1.807, 2.05) is 147 Å². The third-order valence-electron chi connectivity index (χ3n) is 7.70. The largest absolute Gasteiger partial charge is 0.324 e. The summed E-state index contributed by atoms with van der Waals surface area (Å²) in [5.41, 5.74) is 8.09. The molecule has 0 unspecified atom stereocenters. The number of carbonyl (C=O) groups is 2. The number of anilines is 4. The van der Waals surface area contributed by atoms with Crippen molar-refractivity contribution in [3.8, 4) is 33.6 Å². The second-order valence-corrected chi connectivity index (χ2v) is 11.5. The van der Waals surface area contributed by atoms with Crippen molar-refractivity contribution in [1.82, 2.24) is 19.9 Å². The summed E-state index contributed by atoms with van der Waals surface area (Å²) >= 11 is 0. The van der Waals surface area contributed by atoms with E-state index in [9.17, 15) is 9.59 Å². The first-order chi connectivity index (χ1) is 25.4. The lowest BCUT2D eigenvalue weighted by atomic mass is 10.0. The molecule has 0 spiro atoms. The minimum atomic E-state index is -0.355. The van der Waals surface area contributed by atoms with E-state index < -0.39 is 0 Å². The normalized spacial score (nSPS) is 10.3. The van der Waals surface area contributed by atoms with Gasteiger partial charge in [0.2, 0.25) is 0 Å². The summed E-state index contributed by atoms with van der Waals surface area (Å²) in [5, 5.41) is 11.4.